The van der Waals surface area contributed by atoms with Crippen LogP contribution in [0.25, 0.3) is 0 Å². The largest absolute Gasteiger partial charge is 0.392 e. The lowest BCUT2D eigenvalue weighted by Crippen LogP contribution is -2.38. The molecule has 112 valence electrons. The van der Waals surface area contributed by atoms with Crippen LogP contribution in [-0.4, -0.2) is 48.8 Å². The Morgan fingerprint density at radius 2 is 1.79 bits per heavy atom. The van der Waals surface area contributed by atoms with E-state index in [1.165, 1.54) is 58.2 Å². The van der Waals surface area contributed by atoms with Crippen molar-refractivity contribution in [1.29, 1.82) is 0 Å². The van der Waals surface area contributed by atoms with E-state index in [2.05, 4.69) is 17.1 Å². The molecule has 2 aliphatic rings. The Hall–Kier alpha value is -0.120. The predicted octanol–water partition coefficient (Wildman–Crippen LogP) is 2.25. The van der Waals surface area contributed by atoms with Crippen LogP contribution < -0.4 is 5.32 Å². The quantitative estimate of drug-likeness (QED) is 0.743. The van der Waals surface area contributed by atoms with E-state index in [0.29, 0.717) is 0 Å². The van der Waals surface area contributed by atoms with Crippen LogP contribution in [-0.2, 0) is 0 Å². The van der Waals surface area contributed by atoms with Crippen molar-refractivity contribution in [2.75, 3.05) is 32.7 Å². The van der Waals surface area contributed by atoms with Crippen molar-refractivity contribution < 1.29 is 5.11 Å². The number of hydrogen-bond donors (Lipinski definition) is 2. The summed E-state index contributed by atoms with van der Waals surface area (Å²) < 4.78 is 0. The molecule has 0 spiro atoms. The van der Waals surface area contributed by atoms with Crippen molar-refractivity contribution in [3.63, 3.8) is 0 Å². The predicted molar refractivity (Wildman–Crippen MR) is 80.3 cm³/mol. The first-order valence-corrected chi connectivity index (χ1v) is 8.39. The second-order valence-electron chi connectivity index (χ2n) is 6.58. The maximum absolute atomic E-state index is 10.0. The number of piperidine rings is 1. The van der Waals surface area contributed by atoms with Crippen LogP contribution >= 0.6 is 0 Å². The van der Waals surface area contributed by atoms with Crippen molar-refractivity contribution in [1.82, 2.24) is 10.2 Å². The van der Waals surface area contributed by atoms with Gasteiger partial charge in [-0.2, -0.15) is 0 Å². The van der Waals surface area contributed by atoms with Crippen LogP contribution in [0.3, 0.4) is 0 Å². The number of likely N-dealkylation sites (tertiary alicyclic amines) is 1. The molecule has 1 atom stereocenters. The smallest absolute Gasteiger partial charge is 0.0667 e. The van der Waals surface area contributed by atoms with Crippen molar-refractivity contribution in [3.8, 4) is 0 Å². The number of nitrogens with zero attached hydrogens (tertiary/aromatic N) is 1. The fourth-order valence-electron chi connectivity index (χ4n) is 3.68. The first-order valence-electron chi connectivity index (χ1n) is 8.39. The van der Waals surface area contributed by atoms with Gasteiger partial charge < -0.3 is 15.3 Å². The van der Waals surface area contributed by atoms with Gasteiger partial charge in [-0.3, -0.25) is 0 Å². The van der Waals surface area contributed by atoms with Gasteiger partial charge >= 0.3 is 0 Å². The second-order valence-corrected chi connectivity index (χ2v) is 6.58. The molecular formula is C16H32N2O. The van der Waals surface area contributed by atoms with Gasteiger partial charge in [0.2, 0.25) is 0 Å². The fraction of sp³-hybridized carbons (Fsp3) is 1.00. The summed E-state index contributed by atoms with van der Waals surface area (Å²) in [7, 11) is 0. The molecule has 0 radical (unpaired) electrons. The monoisotopic (exact) mass is 268 g/mol. The van der Waals surface area contributed by atoms with Crippen LogP contribution in [0, 0.1) is 11.8 Å². The maximum atomic E-state index is 10.0. The van der Waals surface area contributed by atoms with Gasteiger partial charge in [0.25, 0.3) is 0 Å². The summed E-state index contributed by atoms with van der Waals surface area (Å²) in [6.45, 7) is 7.85. The summed E-state index contributed by atoms with van der Waals surface area (Å²) >= 11 is 0. The summed E-state index contributed by atoms with van der Waals surface area (Å²) in [5, 5.41) is 13.5. The molecule has 1 aliphatic heterocycles. The Balaban J connectivity index is 1.51. The van der Waals surface area contributed by atoms with Gasteiger partial charge in [-0.15, -0.1) is 0 Å². The SMILES string of the molecule is CCN1CCC(CNCC(O)CC2CCCC2)CC1. The second kappa shape index (κ2) is 8.23. The molecule has 19 heavy (non-hydrogen) atoms. The van der Waals surface area contributed by atoms with Crippen molar-refractivity contribution in [2.45, 2.75) is 58.0 Å². The van der Waals surface area contributed by atoms with Gasteiger partial charge in [0, 0.05) is 6.54 Å². The van der Waals surface area contributed by atoms with Crippen molar-refractivity contribution >= 4 is 0 Å². The van der Waals surface area contributed by atoms with Crippen LogP contribution in [0.4, 0.5) is 0 Å². The summed E-state index contributed by atoms with van der Waals surface area (Å²) in [5.74, 6) is 1.62. The van der Waals surface area contributed by atoms with Gasteiger partial charge in [-0.25, -0.2) is 0 Å². The van der Waals surface area contributed by atoms with Gasteiger partial charge in [0.1, 0.15) is 0 Å². The molecule has 1 aliphatic carbocycles. The van der Waals surface area contributed by atoms with Gasteiger partial charge in [0.15, 0.2) is 0 Å². The Bertz CT molecular complexity index is 233. The molecule has 1 saturated carbocycles. The highest BCUT2D eigenvalue weighted by Gasteiger charge is 2.20. The molecule has 2 fully saturated rings. The lowest BCUT2D eigenvalue weighted by Gasteiger charge is -2.31. The molecule has 1 unspecified atom stereocenters. The molecule has 0 aromatic heterocycles. The third-order valence-corrected chi connectivity index (χ3v) is 5.05. The Labute approximate surface area is 118 Å². The molecule has 1 saturated heterocycles. The Morgan fingerprint density at radius 1 is 1.11 bits per heavy atom. The minimum atomic E-state index is -0.126. The molecule has 0 aromatic carbocycles. The summed E-state index contributed by atoms with van der Waals surface area (Å²) in [5.41, 5.74) is 0. The highest BCUT2D eigenvalue weighted by Crippen LogP contribution is 2.28. The zero-order chi connectivity index (χ0) is 13.5. The molecule has 0 aromatic rings. The number of aliphatic hydroxyl groups excluding tert-OH is 1. The van der Waals surface area contributed by atoms with E-state index in [0.717, 1.165) is 31.3 Å². The van der Waals surface area contributed by atoms with E-state index in [1.54, 1.807) is 0 Å². The van der Waals surface area contributed by atoms with Crippen LogP contribution in [0.2, 0.25) is 0 Å². The lowest BCUT2D eigenvalue weighted by molar-refractivity contribution is 0.134. The number of aliphatic hydroxyl groups is 1. The topological polar surface area (TPSA) is 35.5 Å². The maximum Gasteiger partial charge on any atom is 0.0667 e. The normalized spacial score (nSPS) is 24.9. The lowest BCUT2D eigenvalue weighted by atomic mass is 9.96. The molecule has 3 nitrogen and oxygen atoms in total. The molecule has 1 heterocycles. The van der Waals surface area contributed by atoms with Crippen LogP contribution in [0.1, 0.15) is 51.9 Å². The van der Waals surface area contributed by atoms with Crippen molar-refractivity contribution in [3.05, 3.63) is 0 Å². The Kier molecular flexibility index (Phi) is 6.62. The van der Waals surface area contributed by atoms with Gasteiger partial charge in [-0.05, 0) is 57.3 Å². The van der Waals surface area contributed by atoms with E-state index in [9.17, 15) is 5.11 Å². The summed E-state index contributed by atoms with van der Waals surface area (Å²) in [4.78, 5) is 2.53. The van der Waals surface area contributed by atoms with Gasteiger partial charge in [-0.1, -0.05) is 32.6 Å². The third-order valence-electron chi connectivity index (χ3n) is 5.05. The average molecular weight is 268 g/mol. The zero-order valence-electron chi connectivity index (χ0n) is 12.6. The summed E-state index contributed by atoms with van der Waals surface area (Å²) in [6, 6.07) is 0. The van der Waals surface area contributed by atoms with Crippen LogP contribution in [0.5, 0.6) is 0 Å². The first kappa shape index (κ1) is 15.3. The number of hydrogen-bond acceptors (Lipinski definition) is 3. The zero-order valence-corrected chi connectivity index (χ0v) is 12.6. The molecule has 0 amide bonds. The number of nitrogens with one attached hydrogen (secondary N) is 1. The molecule has 0 bridgehead atoms. The first-order chi connectivity index (χ1) is 9.28. The minimum Gasteiger partial charge on any atom is -0.392 e. The van der Waals surface area contributed by atoms with E-state index in [4.69, 9.17) is 0 Å². The van der Waals surface area contributed by atoms with E-state index >= 15 is 0 Å². The number of rotatable bonds is 7. The average Bonchev–Trinajstić information content (AvgIpc) is 2.92. The molecule has 2 rings (SSSR count). The van der Waals surface area contributed by atoms with E-state index in [1.807, 2.05) is 0 Å². The van der Waals surface area contributed by atoms with Crippen LogP contribution in [0.15, 0.2) is 0 Å². The van der Waals surface area contributed by atoms with Gasteiger partial charge in [0.05, 0.1) is 6.10 Å². The minimum absolute atomic E-state index is 0.126. The third kappa shape index (κ3) is 5.41. The standard InChI is InChI=1S/C16H32N2O/c1-2-18-9-7-15(8-10-18)12-17-13-16(19)11-14-5-3-4-6-14/h14-17,19H,2-13H2,1H3. The summed E-state index contributed by atoms with van der Waals surface area (Å²) in [6.07, 6.45) is 8.96. The Morgan fingerprint density at radius 3 is 2.42 bits per heavy atom. The van der Waals surface area contributed by atoms with E-state index < -0.39 is 0 Å². The van der Waals surface area contributed by atoms with Crippen molar-refractivity contribution in [2.24, 2.45) is 11.8 Å². The fourth-order valence-corrected chi connectivity index (χ4v) is 3.68. The molecular weight excluding hydrogens is 236 g/mol. The van der Waals surface area contributed by atoms with E-state index in [-0.39, 0.29) is 6.10 Å². The molecule has 2 N–H and O–H groups in total. The highest BCUT2D eigenvalue weighted by molar-refractivity contribution is 4.75. The molecule has 3 heteroatoms. The highest BCUT2D eigenvalue weighted by atomic mass is 16.3.